The van der Waals surface area contributed by atoms with Gasteiger partial charge in [0.1, 0.15) is 4.34 Å². The van der Waals surface area contributed by atoms with Gasteiger partial charge in [0.25, 0.3) is 0 Å². The molecule has 28 heavy (non-hydrogen) atoms. The van der Waals surface area contributed by atoms with Crippen LogP contribution < -0.4 is 0 Å². The quantitative estimate of drug-likeness (QED) is 0.561. The first-order valence-electron chi connectivity index (χ1n) is 8.32. The van der Waals surface area contributed by atoms with Gasteiger partial charge in [-0.2, -0.15) is 4.31 Å². The van der Waals surface area contributed by atoms with E-state index in [0.29, 0.717) is 38.5 Å². The summed E-state index contributed by atoms with van der Waals surface area (Å²) in [5.41, 5.74) is 1.18. The maximum absolute atomic E-state index is 12.8. The van der Waals surface area contributed by atoms with Crippen molar-refractivity contribution in [2.24, 2.45) is 0 Å². The molecule has 10 heteroatoms. The molecule has 0 bridgehead atoms. The molecule has 0 amide bonds. The molecule has 0 fully saturated rings. The number of halogens is 2. The van der Waals surface area contributed by atoms with Crippen molar-refractivity contribution < 1.29 is 18.3 Å². The number of aromatic carboxylic acids is 1. The van der Waals surface area contributed by atoms with Crippen LogP contribution in [0.25, 0.3) is 22.2 Å². The van der Waals surface area contributed by atoms with Crippen molar-refractivity contribution in [3.8, 4) is 11.3 Å². The molecule has 1 aromatic carbocycles. The number of pyridine rings is 1. The minimum atomic E-state index is -3.73. The van der Waals surface area contributed by atoms with Crippen LogP contribution in [0, 0.1) is 0 Å². The zero-order chi connectivity index (χ0) is 20.6. The van der Waals surface area contributed by atoms with E-state index in [0.717, 1.165) is 11.3 Å². The lowest BCUT2D eigenvalue weighted by Crippen LogP contribution is -2.30. The van der Waals surface area contributed by atoms with E-state index in [1.165, 1.54) is 28.6 Å². The number of carbonyl (C=O) groups is 1. The molecular weight excluding hydrogens is 443 g/mol. The predicted octanol–water partition coefficient (Wildman–Crippen LogP) is 5.00. The number of aromatic nitrogens is 1. The Hall–Kier alpha value is -1.71. The molecule has 3 rings (SSSR count). The first kappa shape index (κ1) is 21.0. The molecule has 3 aromatic rings. The lowest BCUT2D eigenvalue weighted by Gasteiger charge is -2.19. The summed E-state index contributed by atoms with van der Waals surface area (Å²) in [7, 11) is -3.73. The number of carboxylic acid groups (broad SMARTS) is 1. The molecule has 0 aliphatic rings. The molecule has 2 heterocycles. The summed E-state index contributed by atoms with van der Waals surface area (Å²) in [4.78, 5) is 16.3. The van der Waals surface area contributed by atoms with E-state index < -0.39 is 16.0 Å². The number of fused-ring (bicyclic) bond motifs is 1. The van der Waals surface area contributed by atoms with Gasteiger partial charge in [-0.15, -0.1) is 11.3 Å². The van der Waals surface area contributed by atoms with Crippen molar-refractivity contribution >= 4 is 61.4 Å². The van der Waals surface area contributed by atoms with Crippen LogP contribution in [-0.2, 0) is 10.0 Å². The van der Waals surface area contributed by atoms with Gasteiger partial charge in [-0.05, 0) is 30.3 Å². The summed E-state index contributed by atoms with van der Waals surface area (Å²) in [5, 5.41) is 9.92. The van der Waals surface area contributed by atoms with Gasteiger partial charge in [0, 0.05) is 24.0 Å². The molecule has 0 saturated carbocycles. The topological polar surface area (TPSA) is 87.6 Å². The third kappa shape index (κ3) is 3.75. The molecule has 0 atom stereocenters. The van der Waals surface area contributed by atoms with Crippen LogP contribution >= 0.6 is 34.5 Å². The number of hydrogen-bond donors (Lipinski definition) is 1. The van der Waals surface area contributed by atoms with E-state index in [1.807, 2.05) is 0 Å². The van der Waals surface area contributed by atoms with E-state index in [9.17, 15) is 18.3 Å². The zero-order valence-electron chi connectivity index (χ0n) is 14.9. The van der Waals surface area contributed by atoms with Gasteiger partial charge in [-0.25, -0.2) is 18.2 Å². The number of benzene rings is 1. The summed E-state index contributed by atoms with van der Waals surface area (Å²) < 4.78 is 27.7. The highest BCUT2D eigenvalue weighted by atomic mass is 35.5. The van der Waals surface area contributed by atoms with E-state index >= 15 is 0 Å². The second-order valence-electron chi connectivity index (χ2n) is 5.87. The van der Waals surface area contributed by atoms with Crippen LogP contribution in [0.5, 0.6) is 0 Å². The third-order valence-corrected chi connectivity index (χ3v) is 7.82. The molecule has 0 aliphatic heterocycles. The van der Waals surface area contributed by atoms with Gasteiger partial charge in [0.05, 0.1) is 26.0 Å². The van der Waals surface area contributed by atoms with Gasteiger partial charge >= 0.3 is 5.97 Å². The van der Waals surface area contributed by atoms with Gasteiger partial charge in [0.15, 0.2) is 0 Å². The van der Waals surface area contributed by atoms with Crippen molar-refractivity contribution in [3.05, 3.63) is 44.6 Å². The Morgan fingerprint density at radius 1 is 1.18 bits per heavy atom. The zero-order valence-corrected chi connectivity index (χ0v) is 18.1. The van der Waals surface area contributed by atoms with E-state index in [1.54, 1.807) is 19.9 Å². The Labute approximate surface area is 176 Å². The predicted molar refractivity (Wildman–Crippen MR) is 112 cm³/mol. The van der Waals surface area contributed by atoms with Crippen molar-refractivity contribution in [2.45, 2.75) is 18.7 Å². The number of carboxylic acids is 1. The Morgan fingerprint density at radius 2 is 1.86 bits per heavy atom. The largest absolute Gasteiger partial charge is 0.478 e. The van der Waals surface area contributed by atoms with Gasteiger partial charge < -0.3 is 5.11 Å². The summed E-state index contributed by atoms with van der Waals surface area (Å²) in [6.07, 6.45) is 0. The minimum Gasteiger partial charge on any atom is -0.478 e. The highest BCUT2D eigenvalue weighted by Crippen LogP contribution is 2.38. The standard InChI is InChI=1S/C18H16Cl2N2O4S2/c1-3-22(4-2)28(25,26)10-5-6-14-11(7-10)12(18(23)24)8-15(21-14)13-9-16(19)27-17(13)20/h5-9H,3-4H2,1-2H3,(H,23,24). The Morgan fingerprint density at radius 3 is 2.39 bits per heavy atom. The van der Waals surface area contributed by atoms with Crippen LogP contribution in [0.1, 0.15) is 24.2 Å². The molecule has 6 nitrogen and oxygen atoms in total. The molecule has 0 radical (unpaired) electrons. The Kier molecular flexibility index (Phi) is 5.97. The van der Waals surface area contributed by atoms with E-state index in [-0.39, 0.29) is 15.8 Å². The van der Waals surface area contributed by atoms with Crippen LogP contribution in [0.4, 0.5) is 0 Å². The molecule has 0 aliphatic carbocycles. The SMILES string of the molecule is CCN(CC)S(=O)(=O)c1ccc2nc(-c3cc(Cl)sc3Cl)cc(C(=O)O)c2c1. The fourth-order valence-corrected chi connectivity index (χ4v) is 5.87. The van der Waals surface area contributed by atoms with Crippen molar-refractivity contribution in [2.75, 3.05) is 13.1 Å². The second-order valence-corrected chi connectivity index (χ2v) is 10.1. The molecule has 148 valence electrons. The number of hydrogen-bond acceptors (Lipinski definition) is 5. The normalized spacial score (nSPS) is 12.0. The summed E-state index contributed by atoms with van der Waals surface area (Å²) in [5.74, 6) is -1.19. The number of sulfonamides is 1. The summed E-state index contributed by atoms with van der Waals surface area (Å²) in [6.45, 7) is 4.12. The lowest BCUT2D eigenvalue weighted by atomic mass is 10.1. The fraction of sp³-hybridized carbons (Fsp3) is 0.222. The average Bonchev–Trinajstić information content (AvgIpc) is 2.99. The van der Waals surface area contributed by atoms with Crippen LogP contribution in [-0.4, -0.2) is 41.9 Å². The van der Waals surface area contributed by atoms with Crippen LogP contribution in [0.2, 0.25) is 8.67 Å². The van der Waals surface area contributed by atoms with Crippen molar-refractivity contribution in [1.29, 1.82) is 0 Å². The first-order valence-corrected chi connectivity index (χ1v) is 11.3. The lowest BCUT2D eigenvalue weighted by molar-refractivity contribution is 0.0699. The van der Waals surface area contributed by atoms with Gasteiger partial charge in [-0.1, -0.05) is 37.0 Å². The minimum absolute atomic E-state index is 0.0253. The molecule has 2 aromatic heterocycles. The second kappa shape index (κ2) is 7.96. The van der Waals surface area contributed by atoms with Crippen molar-refractivity contribution in [3.63, 3.8) is 0 Å². The van der Waals surface area contributed by atoms with Crippen LogP contribution in [0.15, 0.2) is 35.2 Å². The molecule has 0 unspecified atom stereocenters. The first-order chi connectivity index (χ1) is 13.2. The van der Waals surface area contributed by atoms with E-state index in [2.05, 4.69) is 4.98 Å². The van der Waals surface area contributed by atoms with E-state index in [4.69, 9.17) is 23.2 Å². The summed E-state index contributed by atoms with van der Waals surface area (Å²) in [6, 6.07) is 7.28. The van der Waals surface area contributed by atoms with Crippen LogP contribution in [0.3, 0.4) is 0 Å². The molecule has 1 N–H and O–H groups in total. The average molecular weight is 459 g/mol. The number of rotatable bonds is 6. The Balaban J connectivity index is 2.25. The third-order valence-electron chi connectivity index (χ3n) is 4.29. The monoisotopic (exact) mass is 458 g/mol. The summed E-state index contributed by atoms with van der Waals surface area (Å²) >= 11 is 13.3. The highest BCUT2D eigenvalue weighted by molar-refractivity contribution is 7.89. The van der Waals surface area contributed by atoms with Crippen molar-refractivity contribution in [1.82, 2.24) is 9.29 Å². The maximum atomic E-state index is 12.8. The molecule has 0 saturated heterocycles. The fourth-order valence-electron chi connectivity index (χ4n) is 2.91. The van der Waals surface area contributed by atoms with Gasteiger partial charge in [-0.3, -0.25) is 0 Å². The highest BCUT2D eigenvalue weighted by Gasteiger charge is 2.24. The Bertz CT molecular complexity index is 1170. The number of nitrogens with zero attached hydrogens (tertiary/aromatic N) is 2. The maximum Gasteiger partial charge on any atom is 0.336 e. The smallest absolute Gasteiger partial charge is 0.336 e. The molecule has 0 spiro atoms. The van der Waals surface area contributed by atoms with Gasteiger partial charge in [0.2, 0.25) is 10.0 Å². The number of thiophene rings is 1. The molecular formula is C18H16Cl2N2O4S2.